The van der Waals surface area contributed by atoms with Gasteiger partial charge in [-0.25, -0.2) is 12.7 Å². The predicted molar refractivity (Wildman–Crippen MR) is 91.4 cm³/mol. The highest BCUT2D eigenvalue weighted by Gasteiger charge is 2.42. The Morgan fingerprint density at radius 2 is 1.71 bits per heavy atom. The summed E-state index contributed by atoms with van der Waals surface area (Å²) in [4.78, 5) is 14.9. The fourth-order valence-electron chi connectivity index (χ4n) is 3.50. The van der Waals surface area contributed by atoms with Crippen LogP contribution in [0.4, 0.5) is 5.69 Å². The van der Waals surface area contributed by atoms with Gasteiger partial charge < -0.3 is 4.90 Å². The maximum atomic E-state index is 12.6. The molecular weight excluding hydrogens is 324 g/mol. The molecule has 1 saturated heterocycles. The van der Waals surface area contributed by atoms with Gasteiger partial charge in [-0.1, -0.05) is 30.3 Å². The number of hydrogen-bond acceptors (Lipinski definition) is 4. The van der Waals surface area contributed by atoms with Crippen LogP contribution in [0.25, 0.3) is 0 Å². The zero-order valence-electron chi connectivity index (χ0n) is 13.1. The molecule has 0 N–H and O–H groups in total. The van der Waals surface area contributed by atoms with Crippen LogP contribution in [-0.4, -0.2) is 38.3 Å². The smallest absolute Gasteiger partial charge is 0.269 e. The number of hydrogen-bond donors (Lipinski definition) is 0. The molecule has 1 atom stereocenters. The highest BCUT2D eigenvalue weighted by Crippen LogP contribution is 2.32. The topological polar surface area (TPSA) is 57.7 Å². The van der Waals surface area contributed by atoms with E-state index in [1.807, 2.05) is 18.2 Å². The normalized spacial score (nSPS) is 22.0. The van der Waals surface area contributed by atoms with Crippen molar-refractivity contribution in [3.8, 4) is 0 Å². The molecular formula is C18H18N2O3S. The average molecular weight is 342 g/mol. The molecule has 4 rings (SSSR count). The van der Waals surface area contributed by atoms with Crippen molar-refractivity contribution in [2.45, 2.75) is 11.3 Å². The lowest BCUT2D eigenvalue weighted by atomic mass is 10.1. The summed E-state index contributed by atoms with van der Waals surface area (Å²) in [5, 5.41) is 0. The van der Waals surface area contributed by atoms with Crippen LogP contribution in [-0.2, 0) is 10.0 Å². The standard InChI is InChI=1S/C18H18N2O3S/c21-18-16-8-4-5-9-17(16)24(22,23)20(18)13-14-10-11-19(12-14)15-6-2-1-3-7-15/h1-9,14H,10-13H2. The van der Waals surface area contributed by atoms with Crippen LogP contribution in [0.2, 0.25) is 0 Å². The SMILES string of the molecule is O=C1c2ccccc2S(=O)(=O)N1CC1CCN(c2ccccc2)C1. The number of carbonyl (C=O) groups is 1. The molecule has 0 aliphatic carbocycles. The number of rotatable bonds is 3. The van der Waals surface area contributed by atoms with Crippen LogP contribution < -0.4 is 4.90 Å². The predicted octanol–water partition coefficient (Wildman–Crippen LogP) is 2.36. The molecule has 0 spiro atoms. The largest absolute Gasteiger partial charge is 0.371 e. The maximum absolute atomic E-state index is 12.6. The Kier molecular flexibility index (Phi) is 3.57. The summed E-state index contributed by atoms with van der Waals surface area (Å²) >= 11 is 0. The Labute approximate surface area is 141 Å². The minimum Gasteiger partial charge on any atom is -0.371 e. The zero-order valence-corrected chi connectivity index (χ0v) is 13.9. The fraction of sp³-hybridized carbons (Fsp3) is 0.278. The molecule has 2 aliphatic rings. The Hall–Kier alpha value is -2.34. The van der Waals surface area contributed by atoms with E-state index in [2.05, 4.69) is 17.0 Å². The molecule has 0 aromatic heterocycles. The van der Waals surface area contributed by atoms with E-state index in [-0.39, 0.29) is 22.9 Å². The van der Waals surface area contributed by atoms with E-state index in [0.29, 0.717) is 0 Å². The number of anilines is 1. The van der Waals surface area contributed by atoms with E-state index in [0.717, 1.165) is 29.5 Å². The third-order valence-electron chi connectivity index (χ3n) is 4.74. The average Bonchev–Trinajstić information content (AvgIpc) is 3.14. The van der Waals surface area contributed by atoms with E-state index in [9.17, 15) is 13.2 Å². The van der Waals surface area contributed by atoms with Crippen molar-refractivity contribution in [2.75, 3.05) is 24.5 Å². The summed E-state index contributed by atoms with van der Waals surface area (Å²) < 4.78 is 26.3. The molecule has 0 radical (unpaired) electrons. The van der Waals surface area contributed by atoms with Crippen molar-refractivity contribution >= 4 is 21.6 Å². The lowest BCUT2D eigenvalue weighted by molar-refractivity contribution is 0.0859. The Bertz CT molecular complexity index is 880. The summed E-state index contributed by atoms with van der Waals surface area (Å²) in [6, 6.07) is 16.5. The van der Waals surface area contributed by atoms with Gasteiger partial charge in [0, 0.05) is 25.3 Å². The molecule has 1 unspecified atom stereocenters. The number of sulfonamides is 1. The van der Waals surface area contributed by atoms with Gasteiger partial charge in [-0.3, -0.25) is 4.79 Å². The van der Waals surface area contributed by atoms with Crippen molar-refractivity contribution in [1.29, 1.82) is 0 Å². The Morgan fingerprint density at radius 3 is 2.46 bits per heavy atom. The van der Waals surface area contributed by atoms with Gasteiger partial charge in [0.2, 0.25) is 0 Å². The first kappa shape index (κ1) is 15.2. The molecule has 124 valence electrons. The van der Waals surface area contributed by atoms with Crippen LogP contribution in [0.3, 0.4) is 0 Å². The van der Waals surface area contributed by atoms with E-state index in [1.165, 1.54) is 6.07 Å². The number of fused-ring (bicyclic) bond motifs is 1. The van der Waals surface area contributed by atoms with Gasteiger partial charge in [-0.2, -0.15) is 0 Å². The molecule has 0 bridgehead atoms. The van der Waals surface area contributed by atoms with Crippen LogP contribution >= 0.6 is 0 Å². The summed E-state index contributed by atoms with van der Waals surface area (Å²) in [6.07, 6.45) is 0.880. The highest BCUT2D eigenvalue weighted by atomic mass is 32.2. The monoisotopic (exact) mass is 342 g/mol. The maximum Gasteiger partial charge on any atom is 0.269 e. The molecule has 2 aliphatic heterocycles. The fourth-order valence-corrected chi connectivity index (χ4v) is 5.15. The number of benzene rings is 2. The molecule has 24 heavy (non-hydrogen) atoms. The van der Waals surface area contributed by atoms with E-state index >= 15 is 0 Å². The van der Waals surface area contributed by atoms with E-state index < -0.39 is 15.9 Å². The van der Waals surface area contributed by atoms with Crippen molar-refractivity contribution in [1.82, 2.24) is 4.31 Å². The minimum absolute atomic E-state index is 0.132. The van der Waals surface area contributed by atoms with E-state index in [4.69, 9.17) is 0 Å². The number of carbonyl (C=O) groups excluding carboxylic acids is 1. The lowest BCUT2D eigenvalue weighted by Crippen LogP contribution is -2.35. The second kappa shape index (κ2) is 5.63. The third-order valence-corrected chi connectivity index (χ3v) is 6.55. The van der Waals surface area contributed by atoms with Crippen LogP contribution in [0.15, 0.2) is 59.5 Å². The minimum atomic E-state index is -3.70. The third kappa shape index (κ3) is 2.38. The summed E-state index contributed by atoms with van der Waals surface area (Å²) in [7, 11) is -3.70. The van der Waals surface area contributed by atoms with Gasteiger partial charge in [0.1, 0.15) is 4.90 Å². The summed E-state index contributed by atoms with van der Waals surface area (Å²) in [5.41, 5.74) is 1.43. The molecule has 2 aromatic rings. The van der Waals surface area contributed by atoms with Crippen LogP contribution in [0, 0.1) is 5.92 Å². The zero-order chi connectivity index (χ0) is 16.7. The van der Waals surface area contributed by atoms with Crippen molar-refractivity contribution < 1.29 is 13.2 Å². The first-order valence-electron chi connectivity index (χ1n) is 8.03. The first-order chi connectivity index (χ1) is 11.6. The number of para-hydroxylation sites is 1. The lowest BCUT2D eigenvalue weighted by Gasteiger charge is -2.21. The van der Waals surface area contributed by atoms with Crippen LogP contribution in [0.5, 0.6) is 0 Å². The Morgan fingerprint density at radius 1 is 1.00 bits per heavy atom. The molecule has 2 aromatic carbocycles. The highest BCUT2D eigenvalue weighted by molar-refractivity contribution is 7.90. The molecule has 1 amide bonds. The van der Waals surface area contributed by atoms with Gasteiger partial charge in [-0.05, 0) is 36.6 Å². The van der Waals surface area contributed by atoms with Gasteiger partial charge in [0.05, 0.1) is 5.56 Å². The molecule has 5 nitrogen and oxygen atoms in total. The molecule has 1 fully saturated rings. The van der Waals surface area contributed by atoms with Gasteiger partial charge >= 0.3 is 0 Å². The summed E-state index contributed by atoms with van der Waals surface area (Å²) in [5.74, 6) is -0.248. The quantitative estimate of drug-likeness (QED) is 0.859. The van der Waals surface area contributed by atoms with Crippen molar-refractivity contribution in [3.05, 3.63) is 60.2 Å². The molecule has 2 heterocycles. The van der Waals surface area contributed by atoms with Crippen LogP contribution in [0.1, 0.15) is 16.8 Å². The summed E-state index contributed by atoms with van der Waals surface area (Å²) in [6.45, 7) is 1.89. The second-order valence-electron chi connectivity index (χ2n) is 6.27. The number of amides is 1. The van der Waals surface area contributed by atoms with Gasteiger partial charge in [-0.15, -0.1) is 0 Å². The van der Waals surface area contributed by atoms with Crippen molar-refractivity contribution in [3.63, 3.8) is 0 Å². The first-order valence-corrected chi connectivity index (χ1v) is 9.47. The van der Waals surface area contributed by atoms with Gasteiger partial charge in [0.15, 0.2) is 0 Å². The Balaban J connectivity index is 1.52. The van der Waals surface area contributed by atoms with E-state index in [1.54, 1.807) is 18.2 Å². The van der Waals surface area contributed by atoms with Gasteiger partial charge in [0.25, 0.3) is 15.9 Å². The van der Waals surface area contributed by atoms with Crippen molar-refractivity contribution in [2.24, 2.45) is 5.92 Å². The molecule has 0 saturated carbocycles. The second-order valence-corrected chi connectivity index (χ2v) is 8.10. The number of nitrogens with zero attached hydrogens (tertiary/aromatic N) is 2. The molecule has 6 heteroatoms.